The summed E-state index contributed by atoms with van der Waals surface area (Å²) in [4.78, 5) is 35.7. The van der Waals surface area contributed by atoms with E-state index in [9.17, 15) is 4.79 Å². The van der Waals surface area contributed by atoms with Gasteiger partial charge in [-0.1, -0.05) is 13.8 Å². The molecule has 13 heavy (non-hydrogen) atoms. The number of hydrogen-bond donors (Lipinski definition) is 2. The van der Waals surface area contributed by atoms with Crippen LogP contribution in [0.15, 0.2) is 0 Å². The van der Waals surface area contributed by atoms with Crippen molar-refractivity contribution in [3.05, 3.63) is 0 Å². The van der Waals surface area contributed by atoms with Crippen LogP contribution in [0.4, 0.5) is 0 Å². The summed E-state index contributed by atoms with van der Waals surface area (Å²) in [6.07, 6.45) is 0.917. The van der Waals surface area contributed by atoms with E-state index in [1.165, 1.54) is 0 Å². The van der Waals surface area contributed by atoms with Crippen LogP contribution in [-0.2, 0) is 19.2 Å². The monoisotopic (exact) mass is 192 g/mol. The van der Waals surface area contributed by atoms with Crippen LogP contribution in [0.5, 0.6) is 0 Å². The average molecular weight is 192 g/mol. The molecule has 0 aliphatic rings. The minimum atomic E-state index is -1.82. The van der Waals surface area contributed by atoms with Crippen LogP contribution >= 0.6 is 0 Å². The zero-order chi connectivity index (χ0) is 11.4. The lowest BCUT2D eigenvalue weighted by Gasteiger charge is -1.78. The average Bonchev–Trinajstić information content (AvgIpc) is 2.09. The Kier molecular flexibility index (Phi) is 17.3. The number of rotatable bonds is 1. The van der Waals surface area contributed by atoms with Gasteiger partial charge in [-0.15, -0.1) is 0 Å². The normalized spacial score (nSPS) is 7.00. The Balaban J connectivity index is -0.000000131. The second-order valence-corrected chi connectivity index (χ2v) is 1.99. The second-order valence-electron chi connectivity index (χ2n) is 1.99. The topological polar surface area (TPSA) is 109 Å². The lowest BCUT2D eigenvalue weighted by atomic mass is 10.3. The number of hydrogen-bond acceptors (Lipinski definition) is 4. The van der Waals surface area contributed by atoms with E-state index in [4.69, 9.17) is 24.6 Å². The van der Waals surface area contributed by atoms with Gasteiger partial charge in [-0.05, 0) is 0 Å². The first kappa shape index (κ1) is 17.4. The largest absolute Gasteiger partial charge is 0.473 e. The number of carboxylic acid groups (broad SMARTS) is 2. The van der Waals surface area contributed by atoms with Gasteiger partial charge >= 0.3 is 11.9 Å². The van der Waals surface area contributed by atoms with Gasteiger partial charge in [0, 0.05) is 5.92 Å². The smallest absolute Gasteiger partial charge is 0.414 e. The van der Waals surface area contributed by atoms with Crippen molar-refractivity contribution in [2.24, 2.45) is 5.92 Å². The maximum atomic E-state index is 9.50. The van der Waals surface area contributed by atoms with Gasteiger partial charge in [0.15, 0.2) is 0 Å². The molecule has 76 valence electrons. The fourth-order valence-electron chi connectivity index (χ4n) is 0. The molecule has 0 amide bonds. The lowest BCUT2D eigenvalue weighted by molar-refractivity contribution is -0.159. The predicted molar refractivity (Wildman–Crippen MR) is 43.3 cm³/mol. The summed E-state index contributed by atoms with van der Waals surface area (Å²) < 4.78 is 0. The van der Waals surface area contributed by atoms with Gasteiger partial charge in [0.05, 0.1) is 0 Å². The maximum absolute atomic E-state index is 9.50. The summed E-state index contributed by atoms with van der Waals surface area (Å²) in [6, 6.07) is 0. The molecule has 0 bridgehead atoms. The SMILES string of the molecule is C=O.CC(C)C=O.O=C(O)C(=O)O. The standard InChI is InChI=1S/C4H8O.C2H2O4.CH2O/c1-4(2)3-5;3-1(4)2(5)6;1-2/h3-4H,1-2H3;(H,3,4)(H,5,6);1H2. The fourth-order valence-corrected chi connectivity index (χ4v) is 0. The molecule has 0 aromatic heterocycles. The number of aliphatic carboxylic acids is 2. The third kappa shape index (κ3) is 38.5. The van der Waals surface area contributed by atoms with Crippen molar-refractivity contribution in [2.45, 2.75) is 13.8 Å². The van der Waals surface area contributed by atoms with Crippen molar-refractivity contribution in [1.29, 1.82) is 0 Å². The lowest BCUT2D eigenvalue weighted by Crippen LogP contribution is -2.09. The molecule has 0 saturated heterocycles. The molecule has 0 spiro atoms. The molecule has 0 atom stereocenters. The first-order chi connectivity index (χ1) is 5.91. The van der Waals surface area contributed by atoms with Crippen molar-refractivity contribution >= 4 is 25.0 Å². The Morgan fingerprint density at radius 1 is 1.15 bits per heavy atom. The quantitative estimate of drug-likeness (QED) is 0.440. The maximum Gasteiger partial charge on any atom is 0.414 e. The number of carbonyl (C=O) groups is 4. The molecule has 0 aromatic carbocycles. The summed E-state index contributed by atoms with van der Waals surface area (Å²) in [5.41, 5.74) is 0. The molecule has 0 heterocycles. The van der Waals surface area contributed by atoms with Crippen molar-refractivity contribution in [1.82, 2.24) is 0 Å². The Morgan fingerprint density at radius 2 is 1.31 bits per heavy atom. The van der Waals surface area contributed by atoms with Gasteiger partial charge in [0.2, 0.25) is 0 Å². The summed E-state index contributed by atoms with van der Waals surface area (Å²) in [7, 11) is 0. The first-order valence-electron chi connectivity index (χ1n) is 3.12. The Morgan fingerprint density at radius 3 is 1.31 bits per heavy atom. The fraction of sp³-hybridized carbons (Fsp3) is 0.429. The highest BCUT2D eigenvalue weighted by atomic mass is 16.4. The van der Waals surface area contributed by atoms with E-state index in [1.54, 1.807) is 0 Å². The highest BCUT2D eigenvalue weighted by Gasteiger charge is 2.04. The highest BCUT2D eigenvalue weighted by Crippen LogP contribution is 1.78. The van der Waals surface area contributed by atoms with E-state index in [2.05, 4.69) is 0 Å². The van der Waals surface area contributed by atoms with Gasteiger partial charge in [-0.25, -0.2) is 9.59 Å². The van der Waals surface area contributed by atoms with Gasteiger partial charge in [0.25, 0.3) is 0 Å². The first-order valence-corrected chi connectivity index (χ1v) is 3.12. The van der Waals surface area contributed by atoms with Gasteiger partial charge in [-0.3, -0.25) is 0 Å². The van der Waals surface area contributed by atoms with E-state index >= 15 is 0 Å². The molecule has 2 N–H and O–H groups in total. The van der Waals surface area contributed by atoms with E-state index in [1.807, 2.05) is 20.6 Å². The van der Waals surface area contributed by atoms with E-state index in [0.717, 1.165) is 6.29 Å². The minimum absolute atomic E-state index is 0.204. The molecule has 6 heteroatoms. The van der Waals surface area contributed by atoms with Gasteiger partial charge in [0.1, 0.15) is 13.1 Å². The zero-order valence-corrected chi connectivity index (χ0v) is 7.39. The number of carboxylic acids is 2. The Bertz CT molecular complexity index is 150. The third-order valence-corrected chi connectivity index (χ3v) is 0.455. The summed E-state index contributed by atoms with van der Waals surface area (Å²) in [6.45, 7) is 5.71. The van der Waals surface area contributed by atoms with Crippen LogP contribution in [0.1, 0.15) is 13.8 Å². The van der Waals surface area contributed by atoms with Crippen LogP contribution in [0, 0.1) is 5.92 Å². The Labute approximate surface area is 75.2 Å². The van der Waals surface area contributed by atoms with Gasteiger partial charge < -0.3 is 19.8 Å². The zero-order valence-electron chi connectivity index (χ0n) is 7.39. The number of aldehydes is 1. The van der Waals surface area contributed by atoms with Crippen LogP contribution in [0.2, 0.25) is 0 Å². The van der Waals surface area contributed by atoms with E-state index < -0.39 is 11.9 Å². The molecule has 0 unspecified atom stereocenters. The molecule has 6 nitrogen and oxygen atoms in total. The van der Waals surface area contributed by atoms with Crippen molar-refractivity contribution in [2.75, 3.05) is 0 Å². The van der Waals surface area contributed by atoms with Crippen molar-refractivity contribution in [3.8, 4) is 0 Å². The Hall–Kier alpha value is -1.72. The van der Waals surface area contributed by atoms with E-state index in [-0.39, 0.29) is 5.92 Å². The molecule has 0 fully saturated rings. The minimum Gasteiger partial charge on any atom is -0.473 e. The third-order valence-electron chi connectivity index (χ3n) is 0.455. The van der Waals surface area contributed by atoms with Crippen LogP contribution in [0.25, 0.3) is 0 Å². The van der Waals surface area contributed by atoms with Crippen molar-refractivity contribution < 1.29 is 29.4 Å². The van der Waals surface area contributed by atoms with Gasteiger partial charge in [-0.2, -0.15) is 0 Å². The van der Waals surface area contributed by atoms with Crippen LogP contribution in [-0.4, -0.2) is 35.2 Å². The summed E-state index contributed by atoms with van der Waals surface area (Å²) in [5.74, 6) is -3.44. The highest BCUT2D eigenvalue weighted by molar-refractivity contribution is 6.27. The molecule has 0 aliphatic heterocycles. The molecule has 0 aliphatic carbocycles. The second kappa shape index (κ2) is 12.9. The van der Waals surface area contributed by atoms with Crippen molar-refractivity contribution in [3.63, 3.8) is 0 Å². The molecule has 0 saturated carbocycles. The molecular formula is C7H12O6. The molecular weight excluding hydrogens is 180 g/mol. The van der Waals surface area contributed by atoms with E-state index in [0.29, 0.717) is 0 Å². The van der Waals surface area contributed by atoms with Crippen LogP contribution < -0.4 is 0 Å². The molecule has 0 radical (unpaired) electrons. The van der Waals surface area contributed by atoms with Crippen LogP contribution in [0.3, 0.4) is 0 Å². The predicted octanol–water partition coefficient (Wildman–Crippen LogP) is -0.188. The summed E-state index contributed by atoms with van der Waals surface area (Å²) >= 11 is 0. The number of carbonyl (C=O) groups excluding carboxylic acids is 2. The molecule has 0 rings (SSSR count). The summed E-state index contributed by atoms with van der Waals surface area (Å²) in [5, 5.41) is 14.8. The molecule has 0 aromatic rings.